The van der Waals surface area contributed by atoms with E-state index in [2.05, 4.69) is 18.8 Å². The van der Waals surface area contributed by atoms with Crippen molar-refractivity contribution in [2.24, 2.45) is 0 Å². The highest BCUT2D eigenvalue weighted by Gasteiger charge is 2.65. The van der Waals surface area contributed by atoms with Crippen LogP contribution < -0.4 is 0 Å². The van der Waals surface area contributed by atoms with Gasteiger partial charge in [0, 0.05) is 11.1 Å². The number of hydrogen-bond acceptors (Lipinski definition) is 0. The summed E-state index contributed by atoms with van der Waals surface area (Å²) < 4.78 is 63.5. The molecule has 0 spiro atoms. The van der Waals surface area contributed by atoms with Crippen LogP contribution in [0.5, 0.6) is 0 Å². The van der Waals surface area contributed by atoms with Crippen molar-refractivity contribution in [1.29, 1.82) is 0 Å². The normalized spacial score (nSPS) is 13.9. The van der Waals surface area contributed by atoms with Gasteiger partial charge in [-0.2, -0.15) is 0 Å². The molecule has 154 valence electrons. The molecule has 2 aromatic rings. The van der Waals surface area contributed by atoms with Gasteiger partial charge in [-0.1, -0.05) is 82.4 Å². The molecule has 2 rings (SSSR count). The highest BCUT2D eigenvalue weighted by Crippen LogP contribution is 3.02. The molecule has 0 heterocycles. The molecule has 0 unspecified atom stereocenters. The maximum atomic E-state index is 12.7. The van der Waals surface area contributed by atoms with Crippen LogP contribution in [0.3, 0.4) is 0 Å². The highest BCUT2D eigenvalue weighted by atomic mass is 32.5. The molecule has 0 fully saturated rings. The molecule has 0 atom stereocenters. The van der Waals surface area contributed by atoms with Crippen LogP contribution in [-0.4, -0.2) is 0 Å². The first-order valence-corrected chi connectivity index (χ1v) is 11.4. The van der Waals surface area contributed by atoms with Crippen molar-refractivity contribution in [2.75, 3.05) is 0 Å². The van der Waals surface area contributed by atoms with Crippen molar-refractivity contribution in [3.63, 3.8) is 0 Å². The smallest absolute Gasteiger partial charge is 0.0936 e. The molecule has 0 amide bonds. The minimum atomic E-state index is -9.62. The van der Waals surface area contributed by atoms with Crippen molar-refractivity contribution in [2.45, 2.75) is 56.8 Å². The van der Waals surface area contributed by atoms with Gasteiger partial charge in [0.05, 0.1) is 0 Å². The Bertz CT molecular complexity index is 826. The average Bonchev–Trinajstić information content (AvgIpc) is 2.62. The SMILES string of the molecule is CCCCCCCCc1ccc(C#Cc2ccc(S(F)(F)(F)(F)F)cc2)cc1. The van der Waals surface area contributed by atoms with Gasteiger partial charge in [-0.05, 0) is 54.8 Å². The fourth-order valence-electron chi connectivity index (χ4n) is 2.80. The van der Waals surface area contributed by atoms with E-state index in [1.165, 1.54) is 37.7 Å². The monoisotopic (exact) mass is 416 g/mol. The van der Waals surface area contributed by atoms with Crippen LogP contribution in [0.4, 0.5) is 19.4 Å². The van der Waals surface area contributed by atoms with Crippen LogP contribution in [0.15, 0.2) is 53.4 Å². The van der Waals surface area contributed by atoms with Gasteiger partial charge in [-0.3, -0.25) is 0 Å². The number of rotatable bonds is 8. The standard InChI is InChI=1S/C22H25F5S/c1-2-3-4-5-6-7-8-19-9-11-20(12-10-19)13-14-21-15-17-22(18-16-21)28(23,24,25,26)27/h9-12,15-18H,2-8H2,1H3. The molecule has 0 saturated carbocycles. The Morgan fingerprint density at radius 1 is 0.643 bits per heavy atom. The molecule has 0 aromatic heterocycles. The minimum absolute atomic E-state index is 0.252. The zero-order valence-electron chi connectivity index (χ0n) is 15.9. The van der Waals surface area contributed by atoms with E-state index in [9.17, 15) is 19.4 Å². The number of benzene rings is 2. The van der Waals surface area contributed by atoms with Gasteiger partial charge in [-0.15, -0.1) is 0 Å². The second-order valence-corrected chi connectivity index (χ2v) is 9.37. The summed E-state index contributed by atoms with van der Waals surface area (Å²) in [5.41, 5.74) is 2.20. The predicted octanol–water partition coefficient (Wildman–Crippen LogP) is 8.65. The molecule has 0 aliphatic rings. The van der Waals surface area contributed by atoms with E-state index in [4.69, 9.17) is 0 Å². The Hall–Kier alpha value is -2.00. The van der Waals surface area contributed by atoms with Crippen LogP contribution in [0.25, 0.3) is 0 Å². The van der Waals surface area contributed by atoms with Crippen molar-refractivity contribution in [1.82, 2.24) is 0 Å². The van der Waals surface area contributed by atoms with Crippen LogP contribution >= 0.6 is 10.2 Å². The summed E-state index contributed by atoms with van der Waals surface area (Å²) in [5.74, 6) is 5.55. The Labute approximate surface area is 163 Å². The van der Waals surface area contributed by atoms with Gasteiger partial charge in [0.2, 0.25) is 0 Å². The van der Waals surface area contributed by atoms with Gasteiger partial charge in [0.15, 0.2) is 0 Å². The van der Waals surface area contributed by atoms with E-state index in [1.807, 2.05) is 24.3 Å². The lowest BCUT2D eigenvalue weighted by atomic mass is 10.0. The van der Waals surface area contributed by atoms with Gasteiger partial charge in [0.25, 0.3) is 0 Å². The first kappa shape index (κ1) is 22.3. The summed E-state index contributed by atoms with van der Waals surface area (Å²) in [4.78, 5) is -1.90. The molecule has 0 aliphatic carbocycles. The third-order valence-corrected chi connectivity index (χ3v) is 5.59. The summed E-state index contributed by atoms with van der Waals surface area (Å²) in [5, 5.41) is 0. The largest absolute Gasteiger partial charge is 0.310 e. The highest BCUT2D eigenvalue weighted by molar-refractivity contribution is 8.45. The van der Waals surface area contributed by atoms with Gasteiger partial charge < -0.3 is 0 Å². The molecule has 6 heteroatoms. The summed E-state index contributed by atoms with van der Waals surface area (Å²) in [7, 11) is -9.62. The van der Waals surface area contributed by atoms with Gasteiger partial charge in [-0.25, -0.2) is 0 Å². The number of aryl methyl sites for hydroxylation is 1. The third-order valence-electron chi connectivity index (χ3n) is 4.42. The van der Waals surface area contributed by atoms with Crippen molar-refractivity contribution < 1.29 is 19.4 Å². The van der Waals surface area contributed by atoms with E-state index >= 15 is 0 Å². The molecular weight excluding hydrogens is 391 g/mol. The molecule has 0 aliphatic heterocycles. The van der Waals surface area contributed by atoms with Crippen molar-refractivity contribution in [3.8, 4) is 11.8 Å². The van der Waals surface area contributed by atoms with Gasteiger partial charge in [0.1, 0.15) is 4.90 Å². The molecule has 0 radical (unpaired) electrons. The molecule has 0 nitrogen and oxygen atoms in total. The Morgan fingerprint density at radius 3 is 1.61 bits per heavy atom. The fraction of sp³-hybridized carbons (Fsp3) is 0.364. The Kier molecular flexibility index (Phi) is 6.50. The second-order valence-electron chi connectivity index (χ2n) is 6.96. The fourth-order valence-corrected chi connectivity index (χ4v) is 3.45. The van der Waals surface area contributed by atoms with Crippen LogP contribution in [0.2, 0.25) is 0 Å². The third kappa shape index (κ3) is 7.55. The maximum Gasteiger partial charge on any atom is 0.310 e. The first-order chi connectivity index (χ1) is 13.0. The van der Waals surface area contributed by atoms with Gasteiger partial charge >= 0.3 is 10.2 Å². The molecular formula is C22H25F5S. The van der Waals surface area contributed by atoms with E-state index in [0.29, 0.717) is 12.1 Å². The topological polar surface area (TPSA) is 0 Å². The number of halogens is 5. The second kappa shape index (κ2) is 8.16. The number of unbranched alkanes of at least 4 members (excludes halogenated alkanes) is 5. The number of hydrogen-bond donors (Lipinski definition) is 0. The molecule has 28 heavy (non-hydrogen) atoms. The molecule has 0 saturated heterocycles. The summed E-state index contributed by atoms with van der Waals surface area (Å²) in [6.07, 6.45) is 8.45. The lowest BCUT2D eigenvalue weighted by Crippen LogP contribution is -2.05. The quantitative estimate of drug-likeness (QED) is 0.229. The maximum absolute atomic E-state index is 12.7. The summed E-state index contributed by atoms with van der Waals surface area (Å²) in [6.45, 7) is 2.20. The zero-order chi connectivity index (χ0) is 20.7. The molecule has 0 bridgehead atoms. The van der Waals surface area contributed by atoms with Crippen LogP contribution in [0, 0.1) is 11.8 Å². The van der Waals surface area contributed by atoms with E-state index in [1.54, 1.807) is 0 Å². The van der Waals surface area contributed by atoms with Crippen LogP contribution in [-0.2, 0) is 6.42 Å². The minimum Gasteiger partial charge on any atom is -0.0936 e. The lowest BCUT2D eigenvalue weighted by molar-refractivity contribution is 0.364. The first-order valence-electron chi connectivity index (χ1n) is 9.43. The molecule has 0 N–H and O–H groups in total. The van der Waals surface area contributed by atoms with Crippen LogP contribution in [0.1, 0.15) is 62.1 Å². The Morgan fingerprint density at radius 2 is 1.11 bits per heavy atom. The lowest BCUT2D eigenvalue weighted by Gasteiger charge is -2.40. The Balaban J connectivity index is 1.92. The average molecular weight is 416 g/mol. The van der Waals surface area contributed by atoms with E-state index in [-0.39, 0.29) is 5.56 Å². The van der Waals surface area contributed by atoms with Crippen molar-refractivity contribution in [3.05, 3.63) is 65.2 Å². The zero-order valence-corrected chi connectivity index (χ0v) is 16.7. The molecule has 2 aromatic carbocycles. The van der Waals surface area contributed by atoms with Crippen molar-refractivity contribution >= 4 is 10.2 Å². The summed E-state index contributed by atoms with van der Waals surface area (Å²) in [6, 6.07) is 10.4. The predicted molar refractivity (Wildman–Crippen MR) is 107 cm³/mol. The van der Waals surface area contributed by atoms with E-state index < -0.39 is 15.1 Å². The van der Waals surface area contributed by atoms with E-state index in [0.717, 1.165) is 30.5 Å². The summed E-state index contributed by atoms with van der Waals surface area (Å²) >= 11 is 0.